The molecule has 0 aromatic heterocycles. The molecule has 0 spiro atoms. The molecule has 0 aliphatic carbocycles. The van der Waals surface area contributed by atoms with E-state index < -0.39 is 0 Å². The third-order valence-electron chi connectivity index (χ3n) is 8.54. The summed E-state index contributed by atoms with van der Waals surface area (Å²) >= 11 is 0. The summed E-state index contributed by atoms with van der Waals surface area (Å²) in [5.41, 5.74) is 3.87. The van der Waals surface area contributed by atoms with Crippen LogP contribution in [0.5, 0.6) is 0 Å². The standard InChI is InChI=1S/C36H43N3O4.C2H6/c40-34-31-19-10-11-20-32(31)35(41)39(34)25-15-6-4-2-1-3-5-14-24-38-26-22-29(23-27-38)43-36(42)37-33-21-13-12-18-30(33)28-16-8-7-9-17-28;1-2/h7-13,16-21,29H,1-6,14-15,22-27H2,(H,37,42);1-2H3. The number of hydrogen-bond acceptors (Lipinski definition) is 5. The number of ether oxygens (including phenoxy) is 1. The second-order valence-electron chi connectivity index (χ2n) is 11.6. The van der Waals surface area contributed by atoms with Crippen LogP contribution >= 0.6 is 0 Å². The number of carbonyl (C=O) groups excluding carboxylic acids is 3. The maximum atomic E-state index is 12.7. The van der Waals surface area contributed by atoms with Crippen LogP contribution in [0.25, 0.3) is 11.1 Å². The molecule has 1 fully saturated rings. The van der Waals surface area contributed by atoms with Crippen LogP contribution in [0.3, 0.4) is 0 Å². The van der Waals surface area contributed by atoms with Crippen molar-refractivity contribution in [3.63, 3.8) is 0 Å². The molecule has 45 heavy (non-hydrogen) atoms. The first-order valence-corrected chi connectivity index (χ1v) is 16.9. The van der Waals surface area contributed by atoms with Crippen molar-refractivity contribution in [1.29, 1.82) is 0 Å². The highest BCUT2D eigenvalue weighted by molar-refractivity contribution is 6.21. The summed E-state index contributed by atoms with van der Waals surface area (Å²) in [7, 11) is 0. The highest BCUT2D eigenvalue weighted by Crippen LogP contribution is 2.28. The fourth-order valence-electron chi connectivity index (χ4n) is 6.11. The van der Waals surface area contributed by atoms with Gasteiger partial charge in [-0.25, -0.2) is 4.79 Å². The van der Waals surface area contributed by atoms with E-state index in [0.29, 0.717) is 17.7 Å². The van der Waals surface area contributed by atoms with Crippen LogP contribution in [0.15, 0.2) is 78.9 Å². The lowest BCUT2D eigenvalue weighted by atomic mass is 10.0. The molecule has 2 aliphatic heterocycles. The summed E-state index contributed by atoms with van der Waals surface area (Å²) in [5, 5.41) is 2.95. The van der Waals surface area contributed by atoms with Crippen molar-refractivity contribution in [2.75, 3.05) is 31.5 Å². The Hall–Kier alpha value is -3.97. The monoisotopic (exact) mass is 611 g/mol. The van der Waals surface area contributed by atoms with Crippen molar-refractivity contribution >= 4 is 23.6 Å². The molecule has 3 aromatic rings. The molecule has 5 rings (SSSR count). The Morgan fingerprint density at radius 1 is 0.667 bits per heavy atom. The van der Waals surface area contributed by atoms with E-state index in [1.165, 1.54) is 37.0 Å². The van der Waals surface area contributed by atoms with E-state index in [9.17, 15) is 14.4 Å². The van der Waals surface area contributed by atoms with Crippen LogP contribution in [0.4, 0.5) is 10.5 Å². The first-order valence-electron chi connectivity index (χ1n) is 16.9. The summed E-state index contributed by atoms with van der Waals surface area (Å²) in [6.07, 6.45) is 10.5. The number of hydrogen-bond donors (Lipinski definition) is 1. The van der Waals surface area contributed by atoms with Crippen molar-refractivity contribution in [1.82, 2.24) is 9.80 Å². The van der Waals surface area contributed by atoms with Crippen LogP contribution < -0.4 is 5.32 Å². The molecule has 7 heteroatoms. The molecular weight excluding hydrogens is 562 g/mol. The van der Waals surface area contributed by atoms with Crippen molar-refractivity contribution in [3.05, 3.63) is 90.0 Å². The Bertz CT molecular complexity index is 1330. The minimum atomic E-state index is -0.384. The zero-order valence-electron chi connectivity index (χ0n) is 27.0. The van der Waals surface area contributed by atoms with E-state index in [-0.39, 0.29) is 24.0 Å². The van der Waals surface area contributed by atoms with E-state index >= 15 is 0 Å². The average molecular weight is 612 g/mol. The molecule has 0 atom stereocenters. The first kappa shape index (κ1) is 33.9. The normalized spacial score (nSPS) is 14.9. The number of carbonyl (C=O) groups is 3. The Labute approximate surface area is 269 Å². The van der Waals surface area contributed by atoms with Crippen molar-refractivity contribution in [2.45, 2.75) is 84.2 Å². The molecule has 3 amide bonds. The van der Waals surface area contributed by atoms with E-state index in [1.54, 1.807) is 12.1 Å². The third-order valence-corrected chi connectivity index (χ3v) is 8.54. The van der Waals surface area contributed by atoms with Gasteiger partial charge in [-0.1, -0.05) is 113 Å². The number of nitrogens with zero attached hydrogens (tertiary/aromatic N) is 2. The minimum Gasteiger partial charge on any atom is -0.446 e. The van der Waals surface area contributed by atoms with Crippen molar-refractivity contribution in [3.8, 4) is 11.1 Å². The van der Waals surface area contributed by atoms with Gasteiger partial charge in [0.25, 0.3) is 11.8 Å². The third kappa shape index (κ3) is 9.76. The molecule has 1 N–H and O–H groups in total. The summed E-state index contributed by atoms with van der Waals surface area (Å²) < 4.78 is 5.77. The maximum Gasteiger partial charge on any atom is 0.411 e. The van der Waals surface area contributed by atoms with Gasteiger partial charge < -0.3 is 9.64 Å². The Kier molecular flexibility index (Phi) is 13.6. The molecule has 2 heterocycles. The number of fused-ring (bicyclic) bond motifs is 1. The second kappa shape index (κ2) is 18.1. The predicted octanol–water partition coefficient (Wildman–Crippen LogP) is 8.81. The molecule has 3 aromatic carbocycles. The zero-order valence-corrected chi connectivity index (χ0v) is 27.0. The van der Waals surface area contributed by atoms with Gasteiger partial charge >= 0.3 is 6.09 Å². The second-order valence-corrected chi connectivity index (χ2v) is 11.6. The highest BCUT2D eigenvalue weighted by Gasteiger charge is 2.34. The van der Waals surface area contributed by atoms with E-state index in [0.717, 1.165) is 68.6 Å². The number of benzene rings is 3. The molecule has 0 bridgehead atoms. The highest BCUT2D eigenvalue weighted by atomic mass is 16.6. The smallest absolute Gasteiger partial charge is 0.411 e. The van der Waals surface area contributed by atoms with Gasteiger partial charge in [-0.2, -0.15) is 0 Å². The molecule has 7 nitrogen and oxygen atoms in total. The maximum absolute atomic E-state index is 12.7. The number of piperidine rings is 1. The number of imide groups is 1. The average Bonchev–Trinajstić information content (AvgIpc) is 3.32. The quantitative estimate of drug-likeness (QED) is 0.146. The van der Waals surface area contributed by atoms with E-state index in [4.69, 9.17) is 4.74 Å². The zero-order chi connectivity index (χ0) is 31.9. The minimum absolute atomic E-state index is 0.0443. The summed E-state index contributed by atoms with van der Waals surface area (Å²) in [5.74, 6) is -0.299. The molecule has 0 unspecified atom stereocenters. The Balaban J connectivity index is 0.00000226. The van der Waals surface area contributed by atoms with Gasteiger partial charge in [0.05, 0.1) is 16.8 Å². The molecule has 1 saturated heterocycles. The molecular formula is C38H49N3O4. The first-order chi connectivity index (χ1) is 22.1. The number of amides is 3. The number of rotatable bonds is 14. The van der Waals surface area contributed by atoms with Gasteiger partial charge in [0.1, 0.15) is 6.10 Å². The lowest BCUT2D eigenvalue weighted by Gasteiger charge is -2.31. The summed E-state index contributed by atoms with van der Waals surface area (Å²) in [4.78, 5) is 41.4. The number of likely N-dealkylation sites (tertiary alicyclic amines) is 1. The summed E-state index contributed by atoms with van der Waals surface area (Å²) in [6.45, 7) is 7.54. The topological polar surface area (TPSA) is 79.0 Å². The number of unbranched alkanes of at least 4 members (excludes halogenated alkanes) is 7. The largest absolute Gasteiger partial charge is 0.446 e. The van der Waals surface area contributed by atoms with E-state index in [1.807, 2.05) is 80.6 Å². The molecule has 2 aliphatic rings. The lowest BCUT2D eigenvalue weighted by Crippen LogP contribution is -2.38. The number of nitrogens with one attached hydrogen (secondary N) is 1. The molecule has 0 radical (unpaired) electrons. The van der Waals surface area contributed by atoms with Crippen molar-refractivity contribution < 1.29 is 19.1 Å². The lowest BCUT2D eigenvalue weighted by molar-refractivity contribution is 0.0583. The van der Waals surface area contributed by atoms with Gasteiger partial charge in [0.15, 0.2) is 0 Å². The number of anilines is 1. The Morgan fingerprint density at radius 3 is 1.76 bits per heavy atom. The SMILES string of the molecule is CC.O=C(Nc1ccccc1-c1ccccc1)OC1CCN(CCCCCCCCCCN2C(=O)c3ccccc3C2=O)CC1. The van der Waals surface area contributed by atoms with Crippen LogP contribution in [0.2, 0.25) is 0 Å². The number of para-hydroxylation sites is 1. The fraction of sp³-hybridized carbons (Fsp3) is 0.447. The van der Waals surface area contributed by atoms with Gasteiger partial charge in [-0.05, 0) is 56.0 Å². The van der Waals surface area contributed by atoms with Crippen LogP contribution in [0.1, 0.15) is 98.8 Å². The van der Waals surface area contributed by atoms with Gasteiger partial charge in [-0.3, -0.25) is 19.8 Å². The van der Waals surface area contributed by atoms with Crippen LogP contribution in [-0.4, -0.2) is 60.0 Å². The predicted molar refractivity (Wildman–Crippen MR) is 182 cm³/mol. The van der Waals surface area contributed by atoms with Gasteiger partial charge in [0.2, 0.25) is 0 Å². The fourth-order valence-corrected chi connectivity index (χ4v) is 6.11. The van der Waals surface area contributed by atoms with Gasteiger partial charge in [-0.15, -0.1) is 0 Å². The summed E-state index contributed by atoms with van der Waals surface area (Å²) in [6, 6.07) is 24.9. The van der Waals surface area contributed by atoms with Crippen LogP contribution in [-0.2, 0) is 4.74 Å². The Morgan fingerprint density at radius 2 is 1.16 bits per heavy atom. The van der Waals surface area contributed by atoms with Crippen molar-refractivity contribution in [2.24, 2.45) is 0 Å². The molecule has 240 valence electrons. The molecule has 0 saturated carbocycles. The van der Waals surface area contributed by atoms with Gasteiger partial charge in [0, 0.05) is 25.2 Å². The van der Waals surface area contributed by atoms with E-state index in [2.05, 4.69) is 10.2 Å². The van der Waals surface area contributed by atoms with Crippen LogP contribution in [0, 0.1) is 0 Å².